The molecule has 3 rings (SSSR count). The Balaban J connectivity index is 1.90. The van der Waals surface area contributed by atoms with Crippen LogP contribution in [-0.2, 0) is 11.2 Å². The lowest BCUT2D eigenvalue weighted by Gasteiger charge is -2.45. The lowest BCUT2D eigenvalue weighted by Crippen LogP contribution is -2.40. The Hall–Kier alpha value is -1.31. The summed E-state index contributed by atoms with van der Waals surface area (Å²) in [6.45, 7) is 4.41. The summed E-state index contributed by atoms with van der Waals surface area (Å²) in [4.78, 5) is 12.5. The van der Waals surface area contributed by atoms with Gasteiger partial charge in [0.15, 0.2) is 0 Å². The van der Waals surface area contributed by atoms with E-state index < -0.39 is 0 Å². The monoisotopic (exact) mass is 300 g/mol. The molecule has 2 heteroatoms. The molecular weight excluding hydrogens is 272 g/mol. The molecule has 0 N–H and O–H groups in total. The first-order valence-electron chi connectivity index (χ1n) is 8.85. The number of fused-ring (bicyclic) bond motifs is 3. The van der Waals surface area contributed by atoms with Gasteiger partial charge in [-0.3, -0.25) is 4.79 Å². The van der Waals surface area contributed by atoms with Crippen molar-refractivity contribution in [2.24, 2.45) is 17.8 Å². The number of benzene rings is 1. The second kappa shape index (κ2) is 6.44. The second-order valence-electron chi connectivity index (χ2n) is 7.14. The van der Waals surface area contributed by atoms with Crippen molar-refractivity contribution >= 4 is 5.78 Å². The summed E-state index contributed by atoms with van der Waals surface area (Å²) < 4.78 is 5.36. The largest absolute Gasteiger partial charge is 0.497 e. The first-order valence-corrected chi connectivity index (χ1v) is 8.85. The zero-order valence-electron chi connectivity index (χ0n) is 14.1. The van der Waals surface area contributed by atoms with Crippen LogP contribution in [0.5, 0.6) is 5.75 Å². The molecule has 1 unspecified atom stereocenters. The highest BCUT2D eigenvalue weighted by atomic mass is 16.5. The topological polar surface area (TPSA) is 26.3 Å². The van der Waals surface area contributed by atoms with E-state index in [0.717, 1.165) is 18.6 Å². The van der Waals surface area contributed by atoms with Crippen molar-refractivity contribution in [3.8, 4) is 5.75 Å². The Morgan fingerprint density at radius 2 is 2.14 bits per heavy atom. The number of rotatable bonds is 4. The van der Waals surface area contributed by atoms with E-state index in [-0.39, 0.29) is 5.92 Å². The molecule has 0 heterocycles. The van der Waals surface area contributed by atoms with Crippen molar-refractivity contribution in [1.29, 1.82) is 0 Å². The van der Waals surface area contributed by atoms with Crippen molar-refractivity contribution in [2.75, 3.05) is 7.11 Å². The van der Waals surface area contributed by atoms with Gasteiger partial charge in [-0.15, -0.1) is 0 Å². The first-order chi connectivity index (χ1) is 10.7. The molecule has 0 aliphatic heterocycles. The number of Topliss-reactive ketones (excluding diaryl/α,β-unsaturated/α-hetero) is 1. The summed E-state index contributed by atoms with van der Waals surface area (Å²) in [6, 6.07) is 6.45. The van der Waals surface area contributed by atoms with Crippen LogP contribution in [0.3, 0.4) is 0 Å². The van der Waals surface area contributed by atoms with Gasteiger partial charge in [0.2, 0.25) is 0 Å². The minimum Gasteiger partial charge on any atom is -0.497 e. The molecule has 0 aromatic heterocycles. The Bertz CT molecular complexity index is 549. The Kier molecular flexibility index (Phi) is 4.56. The van der Waals surface area contributed by atoms with E-state index in [0.29, 0.717) is 23.5 Å². The van der Waals surface area contributed by atoms with Gasteiger partial charge in [0, 0.05) is 12.3 Å². The van der Waals surface area contributed by atoms with E-state index in [1.165, 1.54) is 36.8 Å². The van der Waals surface area contributed by atoms with Gasteiger partial charge in [-0.1, -0.05) is 32.8 Å². The third kappa shape index (κ3) is 2.68. The lowest BCUT2D eigenvalue weighted by atomic mass is 9.59. The average molecular weight is 300 g/mol. The van der Waals surface area contributed by atoms with Gasteiger partial charge in [0.05, 0.1) is 7.11 Å². The minimum atomic E-state index is 0.257. The Morgan fingerprint density at radius 3 is 2.86 bits per heavy atom. The summed E-state index contributed by atoms with van der Waals surface area (Å²) >= 11 is 0. The molecule has 2 aliphatic rings. The van der Waals surface area contributed by atoms with Crippen LogP contribution in [0.4, 0.5) is 0 Å². The summed E-state index contributed by atoms with van der Waals surface area (Å²) in [6.07, 6.45) is 6.81. The average Bonchev–Trinajstić information content (AvgIpc) is 2.54. The summed E-state index contributed by atoms with van der Waals surface area (Å²) in [5.41, 5.74) is 2.82. The highest BCUT2D eigenvalue weighted by molar-refractivity contribution is 5.83. The van der Waals surface area contributed by atoms with Crippen LogP contribution >= 0.6 is 0 Å². The van der Waals surface area contributed by atoms with Crippen LogP contribution in [0, 0.1) is 17.8 Å². The van der Waals surface area contributed by atoms with Crippen LogP contribution < -0.4 is 4.74 Å². The fourth-order valence-electron chi connectivity index (χ4n) is 4.73. The van der Waals surface area contributed by atoms with Crippen molar-refractivity contribution in [3.05, 3.63) is 29.3 Å². The number of ketones is 1. The number of carbonyl (C=O) groups excluding carboxylic acids is 1. The number of hydrogen-bond donors (Lipinski definition) is 0. The standard InChI is InChI=1S/C20H28O2/c1-4-5-6-16-13(2)20(21)12-19-17-10-8-15(22-3)11-14(17)7-9-18(16)19/h8,10-11,13,16,18-19H,4-7,9,12H2,1-3H3/t13?,16-,18-,19+/m0/s1. The highest BCUT2D eigenvalue weighted by Gasteiger charge is 2.44. The van der Waals surface area contributed by atoms with Gasteiger partial charge in [-0.2, -0.15) is 0 Å². The fourth-order valence-corrected chi connectivity index (χ4v) is 4.73. The number of carbonyl (C=O) groups is 1. The van der Waals surface area contributed by atoms with Crippen molar-refractivity contribution < 1.29 is 9.53 Å². The second-order valence-corrected chi connectivity index (χ2v) is 7.14. The van der Waals surface area contributed by atoms with Gasteiger partial charge < -0.3 is 4.74 Å². The molecule has 1 saturated carbocycles. The SMILES string of the molecule is CCCC[C@H]1C(C)C(=O)C[C@@H]2c3ccc(OC)cc3CC[C@H]21. The van der Waals surface area contributed by atoms with Gasteiger partial charge in [-0.05, 0) is 60.3 Å². The van der Waals surface area contributed by atoms with Crippen molar-refractivity contribution in [3.63, 3.8) is 0 Å². The number of aryl methyl sites for hydroxylation is 1. The van der Waals surface area contributed by atoms with Gasteiger partial charge in [-0.25, -0.2) is 0 Å². The minimum absolute atomic E-state index is 0.257. The number of hydrogen-bond acceptors (Lipinski definition) is 2. The molecule has 120 valence electrons. The molecule has 22 heavy (non-hydrogen) atoms. The van der Waals surface area contributed by atoms with Crippen molar-refractivity contribution in [1.82, 2.24) is 0 Å². The third-order valence-electron chi connectivity index (χ3n) is 6.03. The van der Waals surface area contributed by atoms with E-state index in [1.54, 1.807) is 7.11 Å². The summed E-state index contributed by atoms with van der Waals surface area (Å²) in [5.74, 6) is 3.40. The molecule has 1 fully saturated rings. The smallest absolute Gasteiger partial charge is 0.136 e. The van der Waals surface area contributed by atoms with E-state index in [2.05, 4.69) is 32.0 Å². The van der Waals surface area contributed by atoms with Crippen LogP contribution in [0.15, 0.2) is 18.2 Å². The quantitative estimate of drug-likeness (QED) is 0.801. The molecule has 0 radical (unpaired) electrons. The Morgan fingerprint density at radius 1 is 1.32 bits per heavy atom. The molecule has 0 spiro atoms. The molecule has 4 atom stereocenters. The maximum absolute atomic E-state index is 12.5. The Labute approximate surface area is 134 Å². The highest BCUT2D eigenvalue weighted by Crippen LogP contribution is 2.50. The molecule has 1 aromatic rings. The summed E-state index contributed by atoms with van der Waals surface area (Å²) in [5, 5.41) is 0. The fraction of sp³-hybridized carbons (Fsp3) is 0.650. The predicted molar refractivity (Wildman–Crippen MR) is 89.3 cm³/mol. The predicted octanol–water partition coefficient (Wildman–Crippen LogP) is 4.76. The third-order valence-corrected chi connectivity index (χ3v) is 6.03. The first kappa shape index (κ1) is 15.6. The molecule has 0 saturated heterocycles. The van der Waals surface area contributed by atoms with E-state index >= 15 is 0 Å². The van der Waals surface area contributed by atoms with Crippen LogP contribution in [-0.4, -0.2) is 12.9 Å². The van der Waals surface area contributed by atoms with Crippen LogP contribution in [0.25, 0.3) is 0 Å². The van der Waals surface area contributed by atoms with Crippen LogP contribution in [0.2, 0.25) is 0 Å². The molecule has 0 amide bonds. The normalized spacial score (nSPS) is 30.6. The number of unbranched alkanes of at least 4 members (excludes halogenated alkanes) is 1. The maximum atomic E-state index is 12.5. The van der Waals surface area contributed by atoms with E-state index in [1.807, 2.05) is 0 Å². The molecule has 1 aromatic carbocycles. The van der Waals surface area contributed by atoms with Gasteiger partial charge in [0.25, 0.3) is 0 Å². The number of ether oxygens (including phenoxy) is 1. The molecule has 0 bridgehead atoms. The van der Waals surface area contributed by atoms with E-state index in [4.69, 9.17) is 4.74 Å². The molecule has 2 aliphatic carbocycles. The van der Waals surface area contributed by atoms with Gasteiger partial charge >= 0.3 is 0 Å². The number of methoxy groups -OCH3 is 1. The van der Waals surface area contributed by atoms with Gasteiger partial charge in [0.1, 0.15) is 11.5 Å². The zero-order chi connectivity index (χ0) is 15.7. The van der Waals surface area contributed by atoms with Crippen molar-refractivity contribution in [2.45, 2.75) is 58.3 Å². The lowest BCUT2D eigenvalue weighted by molar-refractivity contribution is -0.129. The summed E-state index contributed by atoms with van der Waals surface area (Å²) in [7, 11) is 1.72. The molecular formula is C20H28O2. The maximum Gasteiger partial charge on any atom is 0.136 e. The molecule has 2 nitrogen and oxygen atoms in total. The zero-order valence-corrected chi connectivity index (χ0v) is 14.1. The van der Waals surface area contributed by atoms with E-state index in [9.17, 15) is 4.79 Å². The van der Waals surface area contributed by atoms with Crippen LogP contribution in [0.1, 0.15) is 63.0 Å².